The number of carbonyl (C=O) groups is 1. The molecule has 1 heterocycles. The highest BCUT2D eigenvalue weighted by molar-refractivity contribution is 9.10. The molecule has 0 aliphatic carbocycles. The third kappa shape index (κ3) is 3.51. The number of hydrogen-bond acceptors (Lipinski definition) is 3. The highest BCUT2D eigenvalue weighted by atomic mass is 79.9. The molecule has 1 amide bonds. The van der Waals surface area contributed by atoms with Gasteiger partial charge in [0.15, 0.2) is 0 Å². The Morgan fingerprint density at radius 1 is 1.38 bits per heavy atom. The summed E-state index contributed by atoms with van der Waals surface area (Å²) in [6.07, 6.45) is 1.28. The maximum Gasteiger partial charge on any atom is 0.260 e. The van der Waals surface area contributed by atoms with Crippen LogP contribution in [0.4, 0.5) is 4.39 Å². The Balaban J connectivity index is 1.69. The van der Waals surface area contributed by atoms with Crippen LogP contribution in [0.2, 0.25) is 0 Å². The maximum absolute atomic E-state index is 13.7. The molecule has 7 heteroatoms. The summed E-state index contributed by atoms with van der Waals surface area (Å²) in [4.78, 5) is 16.5. The second kappa shape index (κ2) is 6.92. The number of nitrogens with one attached hydrogen (secondary N) is 1. The van der Waals surface area contributed by atoms with Gasteiger partial charge in [-0.3, -0.25) is 4.79 Å². The molecule has 1 aromatic heterocycles. The summed E-state index contributed by atoms with van der Waals surface area (Å²) >= 11 is 3.18. The Labute approximate surface area is 146 Å². The normalized spacial score (nSPS) is 11.3. The lowest BCUT2D eigenvalue weighted by molar-refractivity contribution is -0.121. The number of imidazole rings is 1. The minimum atomic E-state index is -0.418. The van der Waals surface area contributed by atoms with E-state index in [1.807, 2.05) is 31.2 Å². The van der Waals surface area contributed by atoms with E-state index < -0.39 is 5.82 Å². The number of aromatic nitrogens is 2. The number of rotatable bonds is 4. The fourth-order valence-corrected chi connectivity index (χ4v) is 2.69. The average molecular weight is 389 g/mol. The van der Waals surface area contributed by atoms with Crippen molar-refractivity contribution in [3.05, 3.63) is 64.1 Å². The lowest BCUT2D eigenvalue weighted by Gasteiger charge is -2.05. The standard InChI is InChI=1S/C17H14BrFN4O/c1-11-21-15-4-2-3-5-16(15)23(11)10-17(24)22-20-9-12-6-7-13(18)8-14(12)19/h2-9H,10H2,1H3,(H,22,24)/b20-9-. The quantitative estimate of drug-likeness (QED) is 0.549. The predicted molar refractivity (Wildman–Crippen MR) is 94.3 cm³/mol. The Kier molecular flexibility index (Phi) is 4.71. The van der Waals surface area contributed by atoms with Gasteiger partial charge in [-0.1, -0.05) is 28.1 Å². The number of aryl methyl sites for hydroxylation is 1. The van der Waals surface area contributed by atoms with Crippen LogP contribution in [0.3, 0.4) is 0 Å². The summed E-state index contributed by atoms with van der Waals surface area (Å²) in [7, 11) is 0. The zero-order valence-corrected chi connectivity index (χ0v) is 14.4. The third-order valence-electron chi connectivity index (χ3n) is 3.50. The van der Waals surface area contributed by atoms with Gasteiger partial charge in [-0.05, 0) is 37.3 Å². The van der Waals surface area contributed by atoms with E-state index >= 15 is 0 Å². The molecule has 0 aliphatic heterocycles. The van der Waals surface area contributed by atoms with Gasteiger partial charge in [0.25, 0.3) is 5.91 Å². The zero-order chi connectivity index (χ0) is 17.1. The molecule has 2 aromatic carbocycles. The molecule has 0 saturated heterocycles. The van der Waals surface area contributed by atoms with E-state index in [4.69, 9.17) is 0 Å². The van der Waals surface area contributed by atoms with E-state index in [1.54, 1.807) is 16.7 Å². The van der Waals surface area contributed by atoms with Gasteiger partial charge in [0.1, 0.15) is 18.2 Å². The molecule has 0 unspecified atom stereocenters. The maximum atomic E-state index is 13.7. The van der Waals surface area contributed by atoms with Crippen molar-refractivity contribution in [2.24, 2.45) is 5.10 Å². The zero-order valence-electron chi connectivity index (χ0n) is 12.8. The number of hydrogen-bond donors (Lipinski definition) is 1. The topological polar surface area (TPSA) is 59.3 Å². The molecule has 1 N–H and O–H groups in total. The van der Waals surface area contributed by atoms with Crippen LogP contribution in [0.25, 0.3) is 11.0 Å². The molecular formula is C17H14BrFN4O. The van der Waals surface area contributed by atoms with Crippen LogP contribution in [-0.4, -0.2) is 21.7 Å². The summed E-state index contributed by atoms with van der Waals surface area (Å²) in [5, 5.41) is 3.81. The molecule has 0 saturated carbocycles. The second-order valence-electron chi connectivity index (χ2n) is 5.19. The first kappa shape index (κ1) is 16.3. The smallest absolute Gasteiger partial charge is 0.260 e. The lowest BCUT2D eigenvalue weighted by Crippen LogP contribution is -2.23. The molecule has 0 fully saturated rings. The summed E-state index contributed by atoms with van der Waals surface area (Å²) < 4.78 is 16.1. The van der Waals surface area contributed by atoms with Gasteiger partial charge in [-0.15, -0.1) is 0 Å². The highest BCUT2D eigenvalue weighted by Crippen LogP contribution is 2.15. The minimum absolute atomic E-state index is 0.0898. The number of fused-ring (bicyclic) bond motifs is 1. The summed E-state index contributed by atoms with van der Waals surface area (Å²) in [5.74, 6) is 0.0168. The monoisotopic (exact) mass is 388 g/mol. The lowest BCUT2D eigenvalue weighted by atomic mass is 10.2. The van der Waals surface area contributed by atoms with Crippen molar-refractivity contribution in [2.75, 3.05) is 0 Å². The fourth-order valence-electron chi connectivity index (χ4n) is 2.35. The van der Waals surface area contributed by atoms with Gasteiger partial charge in [0.2, 0.25) is 0 Å². The van der Waals surface area contributed by atoms with Crippen LogP contribution < -0.4 is 5.43 Å². The number of para-hydroxylation sites is 2. The molecule has 0 atom stereocenters. The van der Waals surface area contributed by atoms with Gasteiger partial charge in [-0.25, -0.2) is 14.8 Å². The largest absolute Gasteiger partial charge is 0.319 e. The van der Waals surface area contributed by atoms with E-state index in [0.29, 0.717) is 10.0 Å². The van der Waals surface area contributed by atoms with Gasteiger partial charge in [-0.2, -0.15) is 5.10 Å². The molecule has 0 bridgehead atoms. The molecular weight excluding hydrogens is 375 g/mol. The number of benzene rings is 2. The summed E-state index contributed by atoms with van der Waals surface area (Å²) in [6, 6.07) is 12.2. The first-order chi connectivity index (χ1) is 11.5. The number of halogens is 2. The molecule has 5 nitrogen and oxygen atoms in total. The SMILES string of the molecule is Cc1nc2ccccc2n1CC(=O)N/N=C\c1ccc(Br)cc1F. The second-order valence-corrected chi connectivity index (χ2v) is 6.11. The van der Waals surface area contributed by atoms with Crippen molar-refractivity contribution in [2.45, 2.75) is 13.5 Å². The first-order valence-corrected chi connectivity index (χ1v) is 8.03. The van der Waals surface area contributed by atoms with Gasteiger partial charge in [0.05, 0.1) is 17.2 Å². The third-order valence-corrected chi connectivity index (χ3v) is 4.00. The molecule has 0 spiro atoms. The fraction of sp³-hybridized carbons (Fsp3) is 0.118. The molecule has 0 radical (unpaired) electrons. The van der Waals surface area contributed by atoms with Gasteiger partial charge < -0.3 is 4.57 Å². The minimum Gasteiger partial charge on any atom is -0.319 e. The average Bonchev–Trinajstić information content (AvgIpc) is 2.85. The summed E-state index contributed by atoms with van der Waals surface area (Å²) in [6.45, 7) is 1.93. The Morgan fingerprint density at radius 3 is 2.96 bits per heavy atom. The van der Waals surface area contributed by atoms with E-state index in [9.17, 15) is 9.18 Å². The van der Waals surface area contributed by atoms with E-state index in [1.165, 1.54) is 12.3 Å². The molecule has 0 aliphatic rings. The van der Waals surface area contributed by atoms with E-state index in [0.717, 1.165) is 16.9 Å². The Morgan fingerprint density at radius 2 is 2.17 bits per heavy atom. The van der Waals surface area contributed by atoms with Crippen LogP contribution in [0, 0.1) is 12.7 Å². The van der Waals surface area contributed by atoms with Gasteiger partial charge >= 0.3 is 0 Å². The highest BCUT2D eigenvalue weighted by Gasteiger charge is 2.10. The molecule has 3 rings (SSSR count). The van der Waals surface area contributed by atoms with Crippen molar-refractivity contribution in [1.82, 2.24) is 15.0 Å². The first-order valence-electron chi connectivity index (χ1n) is 7.23. The molecule has 122 valence electrons. The van der Waals surface area contributed by atoms with Crippen molar-refractivity contribution >= 4 is 39.1 Å². The summed E-state index contributed by atoms with van der Waals surface area (Å²) in [5.41, 5.74) is 4.42. The van der Waals surface area contributed by atoms with E-state index in [-0.39, 0.29) is 12.5 Å². The van der Waals surface area contributed by atoms with Crippen LogP contribution in [0.1, 0.15) is 11.4 Å². The molecule has 3 aromatic rings. The van der Waals surface area contributed by atoms with Gasteiger partial charge in [0, 0.05) is 10.0 Å². The molecule has 24 heavy (non-hydrogen) atoms. The van der Waals surface area contributed by atoms with Crippen LogP contribution in [0.5, 0.6) is 0 Å². The van der Waals surface area contributed by atoms with Crippen molar-refractivity contribution in [3.8, 4) is 0 Å². The number of nitrogens with zero attached hydrogens (tertiary/aromatic N) is 3. The number of carbonyl (C=O) groups excluding carboxylic acids is 1. The van der Waals surface area contributed by atoms with Crippen molar-refractivity contribution < 1.29 is 9.18 Å². The van der Waals surface area contributed by atoms with Crippen LogP contribution >= 0.6 is 15.9 Å². The Hall–Kier alpha value is -2.54. The van der Waals surface area contributed by atoms with Crippen LogP contribution in [0.15, 0.2) is 52.0 Å². The number of hydrazone groups is 1. The Bertz CT molecular complexity index is 935. The van der Waals surface area contributed by atoms with E-state index in [2.05, 4.69) is 31.4 Å². The van der Waals surface area contributed by atoms with Crippen LogP contribution in [-0.2, 0) is 11.3 Å². The van der Waals surface area contributed by atoms with Crippen molar-refractivity contribution in [1.29, 1.82) is 0 Å². The predicted octanol–water partition coefficient (Wildman–Crippen LogP) is 3.40. The number of amides is 1. The van der Waals surface area contributed by atoms with Crippen molar-refractivity contribution in [3.63, 3.8) is 0 Å².